The van der Waals surface area contributed by atoms with Crippen molar-refractivity contribution in [2.24, 2.45) is 0 Å². The summed E-state index contributed by atoms with van der Waals surface area (Å²) in [7, 11) is 0. The zero-order valence-electron chi connectivity index (χ0n) is 13.7. The van der Waals surface area contributed by atoms with E-state index in [1.165, 1.54) is 12.1 Å². The monoisotopic (exact) mass is 342 g/mol. The number of nitrogens with zero attached hydrogens (tertiary/aromatic N) is 1. The lowest BCUT2D eigenvalue weighted by Gasteiger charge is -2.26. The van der Waals surface area contributed by atoms with Crippen molar-refractivity contribution >= 4 is 11.7 Å². The molecule has 2 aliphatic heterocycles. The van der Waals surface area contributed by atoms with Crippen LogP contribution in [0.15, 0.2) is 42.5 Å². The number of likely N-dealkylation sites (tertiary alicyclic amines) is 1. The van der Waals surface area contributed by atoms with Gasteiger partial charge in [-0.05, 0) is 42.7 Å². The van der Waals surface area contributed by atoms with Crippen molar-refractivity contribution in [2.45, 2.75) is 18.9 Å². The third-order valence-electron chi connectivity index (χ3n) is 4.54. The Bertz CT molecular complexity index is 796. The smallest absolute Gasteiger partial charge is 0.322 e. The minimum Gasteiger partial charge on any atom is -0.486 e. The molecule has 2 aromatic rings. The molecule has 6 heteroatoms. The first-order valence-electron chi connectivity index (χ1n) is 8.43. The molecule has 0 saturated carbocycles. The van der Waals surface area contributed by atoms with Crippen LogP contribution < -0.4 is 14.8 Å². The van der Waals surface area contributed by atoms with Gasteiger partial charge in [-0.3, -0.25) is 0 Å². The lowest BCUT2D eigenvalue weighted by molar-refractivity contribution is 0.171. The van der Waals surface area contributed by atoms with Crippen LogP contribution in [0.5, 0.6) is 11.5 Å². The molecular weight excluding hydrogens is 323 g/mol. The molecule has 130 valence electrons. The quantitative estimate of drug-likeness (QED) is 0.898. The van der Waals surface area contributed by atoms with E-state index < -0.39 is 0 Å². The molecule has 2 amide bonds. The first-order chi connectivity index (χ1) is 12.2. The van der Waals surface area contributed by atoms with Crippen LogP contribution in [0.25, 0.3) is 0 Å². The van der Waals surface area contributed by atoms with E-state index in [1.54, 1.807) is 29.2 Å². The Balaban J connectivity index is 1.50. The fraction of sp³-hybridized carbons (Fsp3) is 0.316. The average molecular weight is 342 g/mol. The van der Waals surface area contributed by atoms with Gasteiger partial charge in [0, 0.05) is 18.3 Å². The van der Waals surface area contributed by atoms with Gasteiger partial charge in [-0.1, -0.05) is 12.1 Å². The molecule has 0 aliphatic carbocycles. The summed E-state index contributed by atoms with van der Waals surface area (Å²) >= 11 is 0. The van der Waals surface area contributed by atoms with Gasteiger partial charge in [-0.15, -0.1) is 0 Å². The maximum Gasteiger partial charge on any atom is 0.322 e. The normalized spacial score (nSPS) is 18.9. The highest BCUT2D eigenvalue weighted by Crippen LogP contribution is 2.35. The molecule has 4 rings (SSSR count). The zero-order chi connectivity index (χ0) is 17.2. The van der Waals surface area contributed by atoms with Gasteiger partial charge in [-0.2, -0.15) is 0 Å². The Morgan fingerprint density at radius 2 is 1.96 bits per heavy atom. The predicted molar refractivity (Wildman–Crippen MR) is 91.5 cm³/mol. The number of nitrogens with one attached hydrogen (secondary N) is 1. The van der Waals surface area contributed by atoms with Gasteiger partial charge >= 0.3 is 6.03 Å². The molecular formula is C19H19FN2O3. The summed E-state index contributed by atoms with van der Waals surface area (Å²) in [5.41, 5.74) is 1.48. The molecule has 0 radical (unpaired) electrons. The molecule has 0 bridgehead atoms. The highest BCUT2D eigenvalue weighted by Gasteiger charge is 2.30. The van der Waals surface area contributed by atoms with E-state index >= 15 is 0 Å². The van der Waals surface area contributed by atoms with Crippen LogP contribution in [0.2, 0.25) is 0 Å². The van der Waals surface area contributed by atoms with Crippen LogP contribution in [0, 0.1) is 5.82 Å². The van der Waals surface area contributed by atoms with E-state index in [-0.39, 0.29) is 17.9 Å². The minimum atomic E-state index is -0.281. The lowest BCUT2D eigenvalue weighted by atomic mass is 10.0. The summed E-state index contributed by atoms with van der Waals surface area (Å²) in [4.78, 5) is 14.5. The van der Waals surface area contributed by atoms with E-state index in [2.05, 4.69) is 5.32 Å². The summed E-state index contributed by atoms with van der Waals surface area (Å²) in [5.74, 6) is 1.03. The van der Waals surface area contributed by atoms with Gasteiger partial charge in [0.25, 0.3) is 0 Å². The molecule has 0 aromatic heterocycles. The molecule has 25 heavy (non-hydrogen) atoms. The number of halogens is 1. The van der Waals surface area contributed by atoms with E-state index in [9.17, 15) is 9.18 Å². The van der Waals surface area contributed by atoms with Crippen LogP contribution >= 0.6 is 0 Å². The lowest BCUT2D eigenvalue weighted by Crippen LogP contribution is -2.34. The summed E-state index contributed by atoms with van der Waals surface area (Å²) in [5, 5.41) is 2.91. The van der Waals surface area contributed by atoms with Gasteiger partial charge in [0.05, 0.1) is 6.04 Å². The van der Waals surface area contributed by atoms with Gasteiger partial charge in [0.2, 0.25) is 0 Å². The fourth-order valence-corrected chi connectivity index (χ4v) is 3.39. The van der Waals surface area contributed by atoms with Crippen molar-refractivity contribution in [3.8, 4) is 11.5 Å². The number of carbonyl (C=O) groups excluding carboxylic acids is 1. The van der Waals surface area contributed by atoms with Crippen molar-refractivity contribution in [1.29, 1.82) is 0 Å². The number of rotatable bonds is 2. The molecule has 1 unspecified atom stereocenters. The van der Waals surface area contributed by atoms with Crippen molar-refractivity contribution in [2.75, 3.05) is 25.1 Å². The van der Waals surface area contributed by atoms with Crippen molar-refractivity contribution in [3.05, 3.63) is 53.8 Å². The number of ether oxygens (including phenoxy) is 2. The number of anilines is 1. The summed E-state index contributed by atoms with van der Waals surface area (Å²) in [6.45, 7) is 1.68. The molecule has 5 nitrogen and oxygen atoms in total. The molecule has 2 aromatic carbocycles. The average Bonchev–Trinajstić information content (AvgIpc) is 3.11. The Morgan fingerprint density at radius 3 is 2.80 bits per heavy atom. The van der Waals surface area contributed by atoms with Crippen LogP contribution in [-0.4, -0.2) is 30.7 Å². The number of hydrogen-bond acceptors (Lipinski definition) is 3. The molecule has 0 spiro atoms. The van der Waals surface area contributed by atoms with Gasteiger partial charge in [-0.25, -0.2) is 9.18 Å². The van der Waals surface area contributed by atoms with Gasteiger partial charge in [0.15, 0.2) is 11.5 Å². The van der Waals surface area contributed by atoms with Crippen LogP contribution in [0.3, 0.4) is 0 Å². The van der Waals surface area contributed by atoms with Crippen LogP contribution in [0.4, 0.5) is 14.9 Å². The Hall–Kier alpha value is -2.76. The SMILES string of the molecule is O=C(Nc1ccc2c(c1)OCCO2)N1CCCC1c1cccc(F)c1. The third-order valence-corrected chi connectivity index (χ3v) is 4.54. The highest BCUT2D eigenvalue weighted by atomic mass is 19.1. The first-order valence-corrected chi connectivity index (χ1v) is 8.43. The second-order valence-corrected chi connectivity index (χ2v) is 6.20. The maximum absolute atomic E-state index is 13.5. The third kappa shape index (κ3) is 3.24. The van der Waals surface area contributed by atoms with E-state index in [0.717, 1.165) is 18.4 Å². The zero-order valence-corrected chi connectivity index (χ0v) is 13.7. The van der Waals surface area contributed by atoms with Gasteiger partial charge in [0.1, 0.15) is 19.0 Å². The summed E-state index contributed by atoms with van der Waals surface area (Å²) < 4.78 is 24.5. The number of carbonyl (C=O) groups is 1. The standard InChI is InChI=1S/C19H19FN2O3/c20-14-4-1-3-13(11-14)16-5-2-8-22(16)19(23)21-15-6-7-17-18(12-15)25-10-9-24-17/h1,3-4,6-7,11-12,16H,2,5,8-10H2,(H,21,23). The number of amides is 2. The van der Waals surface area contributed by atoms with Crippen LogP contribution in [0.1, 0.15) is 24.4 Å². The summed E-state index contributed by atoms with van der Waals surface area (Å²) in [6.07, 6.45) is 1.73. The number of fused-ring (bicyclic) bond motifs is 1. The van der Waals surface area contributed by atoms with Crippen molar-refractivity contribution in [1.82, 2.24) is 4.90 Å². The number of urea groups is 1. The molecule has 1 fully saturated rings. The molecule has 2 aliphatic rings. The van der Waals surface area contributed by atoms with Crippen LogP contribution in [-0.2, 0) is 0 Å². The predicted octanol–water partition coefficient (Wildman–Crippen LogP) is 3.97. The maximum atomic E-state index is 13.5. The second kappa shape index (κ2) is 6.63. The number of hydrogen-bond donors (Lipinski definition) is 1. The molecule has 1 saturated heterocycles. The molecule has 1 N–H and O–H groups in total. The largest absolute Gasteiger partial charge is 0.486 e. The van der Waals surface area contributed by atoms with Crippen molar-refractivity contribution in [3.63, 3.8) is 0 Å². The Kier molecular flexibility index (Phi) is 4.17. The fourth-order valence-electron chi connectivity index (χ4n) is 3.39. The molecule has 1 atom stereocenters. The minimum absolute atomic E-state index is 0.104. The van der Waals surface area contributed by atoms with Crippen molar-refractivity contribution < 1.29 is 18.7 Å². The van der Waals surface area contributed by atoms with Gasteiger partial charge < -0.3 is 19.7 Å². The molecule has 2 heterocycles. The van der Waals surface area contributed by atoms with E-state index in [0.29, 0.717) is 36.9 Å². The Labute approximate surface area is 145 Å². The topological polar surface area (TPSA) is 50.8 Å². The Morgan fingerprint density at radius 1 is 1.12 bits per heavy atom. The summed E-state index contributed by atoms with van der Waals surface area (Å²) in [6, 6.07) is 11.5. The van der Waals surface area contributed by atoms with E-state index in [1.807, 2.05) is 6.07 Å². The second-order valence-electron chi connectivity index (χ2n) is 6.20. The number of benzene rings is 2. The first kappa shape index (κ1) is 15.7. The highest BCUT2D eigenvalue weighted by molar-refractivity contribution is 5.90. The van der Waals surface area contributed by atoms with E-state index in [4.69, 9.17) is 9.47 Å².